The van der Waals surface area contributed by atoms with E-state index in [2.05, 4.69) is 18.1 Å². The van der Waals surface area contributed by atoms with Gasteiger partial charge in [0.25, 0.3) is 0 Å². The Morgan fingerprint density at radius 1 is 1.18 bits per heavy atom. The van der Waals surface area contributed by atoms with Crippen LogP contribution in [0.25, 0.3) is 0 Å². The molecule has 0 spiro atoms. The third-order valence-corrected chi connectivity index (χ3v) is 3.02. The zero-order valence-electron chi connectivity index (χ0n) is 10.9. The molecule has 1 rings (SSSR count). The van der Waals surface area contributed by atoms with Crippen LogP contribution in [0.4, 0.5) is 0 Å². The molecular weight excluding hydrogens is 210 g/mol. The SMILES string of the molecule is C=CC=CC(=C)OCCCCN1CCCCC1. The second-order valence-electron chi connectivity index (χ2n) is 4.52. The summed E-state index contributed by atoms with van der Waals surface area (Å²) in [6, 6.07) is 0. The molecule has 0 bridgehead atoms. The maximum atomic E-state index is 5.49. The Labute approximate surface area is 106 Å². The average molecular weight is 235 g/mol. The molecule has 0 saturated carbocycles. The van der Waals surface area contributed by atoms with E-state index in [0.717, 1.165) is 18.8 Å². The number of rotatable bonds is 8. The van der Waals surface area contributed by atoms with E-state index in [4.69, 9.17) is 4.74 Å². The first-order valence-electron chi connectivity index (χ1n) is 6.66. The summed E-state index contributed by atoms with van der Waals surface area (Å²) >= 11 is 0. The molecule has 0 aromatic heterocycles. The fourth-order valence-corrected chi connectivity index (χ4v) is 2.05. The summed E-state index contributed by atoms with van der Waals surface area (Å²) in [5.74, 6) is 0.725. The van der Waals surface area contributed by atoms with E-state index < -0.39 is 0 Å². The molecule has 1 aliphatic rings. The lowest BCUT2D eigenvalue weighted by Gasteiger charge is -2.26. The number of unbranched alkanes of at least 4 members (excludes halogenated alkanes) is 1. The van der Waals surface area contributed by atoms with Crippen LogP contribution >= 0.6 is 0 Å². The van der Waals surface area contributed by atoms with Gasteiger partial charge in [0.05, 0.1) is 6.61 Å². The van der Waals surface area contributed by atoms with Crippen LogP contribution in [0.15, 0.2) is 37.1 Å². The van der Waals surface area contributed by atoms with E-state index in [1.807, 2.05) is 12.2 Å². The molecule has 0 aliphatic carbocycles. The van der Waals surface area contributed by atoms with Gasteiger partial charge >= 0.3 is 0 Å². The highest BCUT2D eigenvalue weighted by atomic mass is 16.5. The van der Waals surface area contributed by atoms with Crippen molar-refractivity contribution in [3.63, 3.8) is 0 Å². The number of ether oxygens (including phenoxy) is 1. The Hall–Kier alpha value is -1.02. The van der Waals surface area contributed by atoms with Gasteiger partial charge < -0.3 is 9.64 Å². The summed E-state index contributed by atoms with van der Waals surface area (Å²) in [5, 5.41) is 0. The summed E-state index contributed by atoms with van der Waals surface area (Å²) in [6.45, 7) is 12.0. The molecule has 0 atom stereocenters. The van der Waals surface area contributed by atoms with Crippen LogP contribution in [0.5, 0.6) is 0 Å². The lowest BCUT2D eigenvalue weighted by atomic mass is 10.1. The van der Waals surface area contributed by atoms with Crippen molar-refractivity contribution in [2.24, 2.45) is 0 Å². The van der Waals surface area contributed by atoms with Crippen molar-refractivity contribution < 1.29 is 4.74 Å². The number of allylic oxidation sites excluding steroid dienone is 3. The van der Waals surface area contributed by atoms with E-state index >= 15 is 0 Å². The number of likely N-dealkylation sites (tertiary alicyclic amines) is 1. The summed E-state index contributed by atoms with van der Waals surface area (Å²) in [7, 11) is 0. The van der Waals surface area contributed by atoms with Crippen molar-refractivity contribution in [2.45, 2.75) is 32.1 Å². The first-order chi connectivity index (χ1) is 8.33. The Morgan fingerprint density at radius 3 is 2.65 bits per heavy atom. The van der Waals surface area contributed by atoms with Gasteiger partial charge in [0, 0.05) is 0 Å². The number of hydrogen-bond donors (Lipinski definition) is 0. The highest BCUT2D eigenvalue weighted by Crippen LogP contribution is 2.09. The predicted octanol–water partition coefficient (Wildman–Crippen LogP) is 3.53. The van der Waals surface area contributed by atoms with Crippen LogP contribution in [-0.2, 0) is 4.74 Å². The van der Waals surface area contributed by atoms with Gasteiger partial charge in [0.1, 0.15) is 5.76 Å². The quantitative estimate of drug-likeness (QED) is 0.362. The topological polar surface area (TPSA) is 12.5 Å². The fourth-order valence-electron chi connectivity index (χ4n) is 2.05. The predicted molar refractivity (Wildman–Crippen MR) is 74.0 cm³/mol. The standard InChI is InChI=1S/C15H25NO/c1-3-4-10-15(2)17-14-9-8-13-16-11-6-5-7-12-16/h3-4,10H,1-2,5-9,11-14H2. The molecule has 2 nitrogen and oxygen atoms in total. The smallest absolute Gasteiger partial charge is 0.112 e. The maximum absolute atomic E-state index is 5.49. The molecule has 0 aromatic carbocycles. The lowest BCUT2D eigenvalue weighted by molar-refractivity contribution is 0.193. The minimum absolute atomic E-state index is 0.725. The number of hydrogen-bond acceptors (Lipinski definition) is 2. The van der Waals surface area contributed by atoms with Crippen molar-refractivity contribution in [2.75, 3.05) is 26.2 Å². The van der Waals surface area contributed by atoms with Crippen molar-refractivity contribution in [3.8, 4) is 0 Å². The van der Waals surface area contributed by atoms with Crippen LogP contribution < -0.4 is 0 Å². The van der Waals surface area contributed by atoms with E-state index in [0.29, 0.717) is 0 Å². The van der Waals surface area contributed by atoms with Crippen molar-refractivity contribution in [1.82, 2.24) is 4.90 Å². The molecule has 0 amide bonds. The summed E-state index contributed by atoms with van der Waals surface area (Å²) in [4.78, 5) is 2.57. The molecule has 17 heavy (non-hydrogen) atoms. The summed E-state index contributed by atoms with van der Waals surface area (Å²) in [6.07, 6.45) is 11.9. The molecule has 0 N–H and O–H groups in total. The molecule has 1 fully saturated rings. The monoisotopic (exact) mass is 235 g/mol. The van der Waals surface area contributed by atoms with Crippen molar-refractivity contribution >= 4 is 0 Å². The molecule has 2 heteroatoms. The normalized spacial score (nSPS) is 17.2. The molecular formula is C15H25NO. The fraction of sp³-hybridized carbons (Fsp3) is 0.600. The minimum Gasteiger partial charge on any atom is -0.494 e. The molecule has 1 heterocycles. The third-order valence-electron chi connectivity index (χ3n) is 3.02. The first kappa shape index (κ1) is 14.0. The van der Waals surface area contributed by atoms with Crippen LogP contribution in [0.3, 0.4) is 0 Å². The van der Waals surface area contributed by atoms with Gasteiger partial charge in [-0.2, -0.15) is 0 Å². The molecule has 0 unspecified atom stereocenters. The van der Waals surface area contributed by atoms with Gasteiger partial charge in [-0.15, -0.1) is 0 Å². The van der Waals surface area contributed by atoms with Gasteiger partial charge in [-0.1, -0.05) is 31.7 Å². The third kappa shape index (κ3) is 7.01. The summed E-state index contributed by atoms with van der Waals surface area (Å²) in [5.41, 5.74) is 0. The van der Waals surface area contributed by atoms with E-state index in [-0.39, 0.29) is 0 Å². The van der Waals surface area contributed by atoms with Crippen LogP contribution in [0.1, 0.15) is 32.1 Å². The van der Waals surface area contributed by atoms with Gasteiger partial charge in [0.15, 0.2) is 0 Å². The Kier molecular flexibility index (Phi) is 7.48. The number of nitrogens with zero attached hydrogens (tertiary/aromatic N) is 1. The lowest BCUT2D eigenvalue weighted by Crippen LogP contribution is -2.30. The highest BCUT2D eigenvalue weighted by Gasteiger charge is 2.08. The molecule has 96 valence electrons. The molecule has 0 radical (unpaired) electrons. The van der Waals surface area contributed by atoms with Gasteiger partial charge in [-0.3, -0.25) is 0 Å². The van der Waals surface area contributed by atoms with E-state index in [1.54, 1.807) is 6.08 Å². The Balaban J connectivity index is 1.94. The minimum atomic E-state index is 0.725. The molecule has 0 aromatic rings. The van der Waals surface area contributed by atoms with Crippen LogP contribution in [0.2, 0.25) is 0 Å². The average Bonchev–Trinajstić information content (AvgIpc) is 2.37. The zero-order valence-corrected chi connectivity index (χ0v) is 10.9. The van der Waals surface area contributed by atoms with Gasteiger partial charge in [-0.05, 0) is 51.4 Å². The van der Waals surface area contributed by atoms with E-state index in [1.165, 1.54) is 45.3 Å². The van der Waals surface area contributed by atoms with Crippen molar-refractivity contribution in [1.29, 1.82) is 0 Å². The Morgan fingerprint density at radius 2 is 1.94 bits per heavy atom. The Bertz CT molecular complexity index is 252. The second-order valence-corrected chi connectivity index (χ2v) is 4.52. The van der Waals surface area contributed by atoms with Crippen molar-refractivity contribution in [3.05, 3.63) is 37.1 Å². The zero-order chi connectivity index (χ0) is 12.3. The number of piperidine rings is 1. The van der Waals surface area contributed by atoms with Crippen LogP contribution in [0, 0.1) is 0 Å². The largest absolute Gasteiger partial charge is 0.494 e. The van der Waals surface area contributed by atoms with E-state index in [9.17, 15) is 0 Å². The molecule has 1 aliphatic heterocycles. The first-order valence-corrected chi connectivity index (χ1v) is 6.66. The summed E-state index contributed by atoms with van der Waals surface area (Å²) < 4.78 is 5.49. The second kappa shape index (κ2) is 9.06. The highest BCUT2D eigenvalue weighted by molar-refractivity contribution is 5.12. The van der Waals surface area contributed by atoms with Gasteiger partial charge in [-0.25, -0.2) is 0 Å². The maximum Gasteiger partial charge on any atom is 0.112 e. The van der Waals surface area contributed by atoms with Crippen LogP contribution in [-0.4, -0.2) is 31.1 Å². The molecule has 1 saturated heterocycles. The van der Waals surface area contributed by atoms with Gasteiger partial charge in [0.2, 0.25) is 0 Å².